The van der Waals surface area contributed by atoms with Crippen LogP contribution in [-0.2, 0) is 4.74 Å². The van der Waals surface area contributed by atoms with Crippen LogP contribution >= 0.6 is 15.9 Å². The van der Waals surface area contributed by atoms with E-state index in [4.69, 9.17) is 4.74 Å². The number of aryl methyl sites for hydroxylation is 1. The topological polar surface area (TPSA) is 21.3 Å². The summed E-state index contributed by atoms with van der Waals surface area (Å²) in [5.74, 6) is 0. The minimum atomic E-state index is -0.0889. The Morgan fingerprint density at radius 1 is 1.41 bits per heavy atom. The lowest BCUT2D eigenvalue weighted by atomic mass is 9.99. The Labute approximate surface area is 113 Å². The van der Waals surface area contributed by atoms with Gasteiger partial charge in [-0.1, -0.05) is 22.0 Å². The van der Waals surface area contributed by atoms with Crippen molar-refractivity contribution in [2.75, 3.05) is 12.4 Å². The van der Waals surface area contributed by atoms with Crippen molar-refractivity contribution in [3.63, 3.8) is 0 Å². The van der Waals surface area contributed by atoms with E-state index in [1.165, 1.54) is 5.56 Å². The van der Waals surface area contributed by atoms with Crippen molar-refractivity contribution in [3.05, 3.63) is 28.2 Å². The molecule has 0 spiro atoms. The van der Waals surface area contributed by atoms with Crippen LogP contribution in [0.3, 0.4) is 0 Å². The van der Waals surface area contributed by atoms with Gasteiger partial charge in [0.2, 0.25) is 0 Å². The summed E-state index contributed by atoms with van der Waals surface area (Å²) >= 11 is 3.55. The van der Waals surface area contributed by atoms with Gasteiger partial charge in [-0.3, -0.25) is 0 Å². The van der Waals surface area contributed by atoms with E-state index in [9.17, 15) is 0 Å². The summed E-state index contributed by atoms with van der Waals surface area (Å²) in [4.78, 5) is 0. The number of hydrogen-bond donors (Lipinski definition) is 1. The Morgan fingerprint density at radius 3 is 2.59 bits per heavy atom. The molecule has 1 unspecified atom stereocenters. The highest BCUT2D eigenvalue weighted by Crippen LogP contribution is 2.23. The summed E-state index contributed by atoms with van der Waals surface area (Å²) in [7, 11) is 1.76. The van der Waals surface area contributed by atoms with Gasteiger partial charge in [0, 0.05) is 23.3 Å². The van der Waals surface area contributed by atoms with Gasteiger partial charge in [0.25, 0.3) is 0 Å². The molecule has 1 N–H and O–H groups in total. The van der Waals surface area contributed by atoms with Crippen LogP contribution in [0.2, 0.25) is 0 Å². The highest BCUT2D eigenvalue weighted by molar-refractivity contribution is 9.10. The van der Waals surface area contributed by atoms with Gasteiger partial charge in [-0.2, -0.15) is 0 Å². The number of halogens is 1. The normalized spacial score (nSPS) is 13.5. The van der Waals surface area contributed by atoms with Gasteiger partial charge in [-0.25, -0.2) is 0 Å². The number of nitrogens with one attached hydrogen (secondary N) is 1. The van der Waals surface area contributed by atoms with Crippen molar-refractivity contribution in [1.29, 1.82) is 0 Å². The summed E-state index contributed by atoms with van der Waals surface area (Å²) in [5.41, 5.74) is 2.30. The van der Waals surface area contributed by atoms with Crippen LogP contribution < -0.4 is 5.32 Å². The first-order chi connectivity index (χ1) is 7.84. The molecule has 96 valence electrons. The quantitative estimate of drug-likeness (QED) is 0.871. The second-order valence-corrected chi connectivity index (χ2v) is 6.03. The zero-order valence-electron chi connectivity index (χ0n) is 11.3. The van der Waals surface area contributed by atoms with E-state index >= 15 is 0 Å². The third-order valence-electron chi connectivity index (χ3n) is 2.94. The molecule has 0 aliphatic carbocycles. The maximum Gasteiger partial charge on any atom is 0.0642 e. The molecule has 2 nitrogen and oxygen atoms in total. The van der Waals surface area contributed by atoms with Crippen LogP contribution in [0.4, 0.5) is 5.69 Å². The molecule has 1 aromatic carbocycles. The molecule has 0 aromatic heterocycles. The summed E-state index contributed by atoms with van der Waals surface area (Å²) < 4.78 is 6.58. The molecule has 0 heterocycles. The minimum absolute atomic E-state index is 0.0889. The average molecular weight is 300 g/mol. The van der Waals surface area contributed by atoms with Crippen LogP contribution in [0.5, 0.6) is 0 Å². The first kappa shape index (κ1) is 14.5. The van der Waals surface area contributed by atoms with E-state index in [0.717, 1.165) is 16.6 Å². The molecule has 0 saturated heterocycles. The average Bonchev–Trinajstić information content (AvgIpc) is 2.23. The first-order valence-corrected chi connectivity index (χ1v) is 6.71. The van der Waals surface area contributed by atoms with Crippen molar-refractivity contribution in [2.45, 2.75) is 45.8 Å². The Kier molecular flexibility index (Phi) is 5.02. The molecule has 1 aromatic rings. The number of methoxy groups -OCH3 is 1. The van der Waals surface area contributed by atoms with Crippen molar-refractivity contribution in [2.24, 2.45) is 0 Å². The maximum atomic E-state index is 5.44. The van der Waals surface area contributed by atoms with E-state index in [1.807, 2.05) is 0 Å². The van der Waals surface area contributed by atoms with Crippen molar-refractivity contribution in [1.82, 2.24) is 0 Å². The molecule has 0 fully saturated rings. The standard InChI is InChI=1S/C14H22BrNO/c1-10-6-7-12(8-13(10)15)16-11(2)9-14(3,4)17-5/h6-8,11,16H,9H2,1-5H3. The molecule has 1 rings (SSSR count). The van der Waals surface area contributed by atoms with E-state index in [0.29, 0.717) is 6.04 Å². The van der Waals surface area contributed by atoms with Crippen LogP contribution in [0.1, 0.15) is 32.8 Å². The van der Waals surface area contributed by atoms with Crippen molar-refractivity contribution < 1.29 is 4.74 Å². The van der Waals surface area contributed by atoms with E-state index in [1.54, 1.807) is 7.11 Å². The SMILES string of the molecule is COC(C)(C)CC(C)Nc1ccc(C)c(Br)c1. The Bertz CT molecular complexity index is 376. The monoisotopic (exact) mass is 299 g/mol. The molecule has 0 aliphatic heterocycles. The van der Waals surface area contributed by atoms with Gasteiger partial charge in [0.1, 0.15) is 0 Å². The Hall–Kier alpha value is -0.540. The second-order valence-electron chi connectivity index (χ2n) is 5.18. The number of hydrogen-bond acceptors (Lipinski definition) is 2. The van der Waals surface area contributed by atoms with Crippen LogP contribution in [-0.4, -0.2) is 18.8 Å². The van der Waals surface area contributed by atoms with Gasteiger partial charge in [-0.05, 0) is 51.8 Å². The number of benzene rings is 1. The zero-order chi connectivity index (χ0) is 13.1. The number of anilines is 1. The largest absolute Gasteiger partial charge is 0.382 e. The van der Waals surface area contributed by atoms with Crippen LogP contribution in [0.15, 0.2) is 22.7 Å². The Morgan fingerprint density at radius 2 is 2.06 bits per heavy atom. The predicted molar refractivity (Wildman–Crippen MR) is 77.7 cm³/mol. The van der Waals surface area contributed by atoms with Crippen molar-refractivity contribution >= 4 is 21.6 Å². The smallest absolute Gasteiger partial charge is 0.0642 e. The summed E-state index contributed by atoms with van der Waals surface area (Å²) in [6.45, 7) is 8.48. The molecule has 0 radical (unpaired) electrons. The lowest BCUT2D eigenvalue weighted by molar-refractivity contribution is 0.0128. The highest BCUT2D eigenvalue weighted by Gasteiger charge is 2.19. The minimum Gasteiger partial charge on any atom is -0.382 e. The molecule has 3 heteroatoms. The fourth-order valence-electron chi connectivity index (χ4n) is 1.84. The van der Waals surface area contributed by atoms with E-state index in [2.05, 4.69) is 67.1 Å². The fraction of sp³-hybridized carbons (Fsp3) is 0.571. The zero-order valence-corrected chi connectivity index (χ0v) is 12.9. The molecule has 0 aliphatic rings. The van der Waals surface area contributed by atoms with Gasteiger partial charge in [0.15, 0.2) is 0 Å². The van der Waals surface area contributed by atoms with E-state index in [-0.39, 0.29) is 5.60 Å². The molecule has 1 atom stereocenters. The van der Waals surface area contributed by atoms with Gasteiger partial charge in [0.05, 0.1) is 5.60 Å². The van der Waals surface area contributed by atoms with Gasteiger partial charge >= 0.3 is 0 Å². The lowest BCUT2D eigenvalue weighted by Crippen LogP contribution is -2.31. The maximum absolute atomic E-state index is 5.44. The molecule has 0 amide bonds. The van der Waals surface area contributed by atoms with Crippen molar-refractivity contribution in [3.8, 4) is 0 Å². The number of rotatable bonds is 5. The summed E-state index contributed by atoms with van der Waals surface area (Å²) in [6, 6.07) is 6.71. The van der Waals surface area contributed by atoms with Gasteiger partial charge in [-0.15, -0.1) is 0 Å². The Balaban J connectivity index is 2.62. The van der Waals surface area contributed by atoms with Crippen LogP contribution in [0.25, 0.3) is 0 Å². The number of ether oxygens (including phenoxy) is 1. The lowest BCUT2D eigenvalue weighted by Gasteiger charge is -2.27. The third kappa shape index (κ3) is 4.68. The summed E-state index contributed by atoms with van der Waals surface area (Å²) in [6.07, 6.45) is 0.967. The fourth-order valence-corrected chi connectivity index (χ4v) is 2.22. The van der Waals surface area contributed by atoms with Crippen LogP contribution in [0, 0.1) is 6.92 Å². The molecular weight excluding hydrogens is 278 g/mol. The second kappa shape index (κ2) is 5.87. The third-order valence-corrected chi connectivity index (χ3v) is 3.79. The molecule has 0 saturated carbocycles. The predicted octanol–water partition coefficient (Wildman–Crippen LogP) is 4.37. The highest BCUT2D eigenvalue weighted by atomic mass is 79.9. The van der Waals surface area contributed by atoms with E-state index < -0.39 is 0 Å². The van der Waals surface area contributed by atoms with Gasteiger partial charge < -0.3 is 10.1 Å². The summed E-state index contributed by atoms with van der Waals surface area (Å²) in [5, 5.41) is 3.49. The molecule has 0 bridgehead atoms. The first-order valence-electron chi connectivity index (χ1n) is 5.92. The molecular formula is C14H22BrNO. The molecule has 17 heavy (non-hydrogen) atoms.